The lowest BCUT2D eigenvalue weighted by molar-refractivity contribution is 0.229. The van der Waals surface area contributed by atoms with Crippen LogP contribution in [0.2, 0.25) is 0 Å². The maximum Gasteiger partial charge on any atom is 0.125 e. The van der Waals surface area contributed by atoms with Crippen molar-refractivity contribution in [1.29, 1.82) is 0 Å². The molecular formula is C8H17N3O. The SMILES string of the molecule is CCNC=C(COC)C(N)=NC. The van der Waals surface area contributed by atoms with Gasteiger partial charge in [-0.1, -0.05) is 0 Å². The zero-order chi connectivity index (χ0) is 9.40. The Morgan fingerprint density at radius 3 is 2.75 bits per heavy atom. The Morgan fingerprint density at radius 2 is 2.33 bits per heavy atom. The summed E-state index contributed by atoms with van der Waals surface area (Å²) in [6, 6.07) is 0. The maximum absolute atomic E-state index is 5.61. The Morgan fingerprint density at radius 1 is 1.67 bits per heavy atom. The third-order valence-electron chi connectivity index (χ3n) is 1.35. The maximum atomic E-state index is 5.61. The predicted molar refractivity (Wildman–Crippen MR) is 51.2 cm³/mol. The Balaban J connectivity index is 4.21. The Bertz CT molecular complexity index is 175. The third kappa shape index (κ3) is 3.98. The first-order valence-electron chi connectivity index (χ1n) is 3.90. The van der Waals surface area contributed by atoms with Crippen LogP contribution in [0.1, 0.15) is 6.92 Å². The van der Waals surface area contributed by atoms with E-state index in [-0.39, 0.29) is 0 Å². The van der Waals surface area contributed by atoms with Crippen molar-refractivity contribution in [3.63, 3.8) is 0 Å². The van der Waals surface area contributed by atoms with Crippen LogP contribution in [-0.2, 0) is 4.74 Å². The number of nitrogens with two attached hydrogens (primary N) is 1. The highest BCUT2D eigenvalue weighted by molar-refractivity contribution is 5.96. The minimum Gasteiger partial charge on any atom is -0.391 e. The molecule has 0 aromatic carbocycles. The van der Waals surface area contributed by atoms with Crippen LogP contribution < -0.4 is 11.1 Å². The smallest absolute Gasteiger partial charge is 0.125 e. The minimum atomic E-state index is 0.482. The molecule has 0 unspecified atom stereocenters. The second-order valence-corrected chi connectivity index (χ2v) is 2.27. The zero-order valence-corrected chi connectivity index (χ0v) is 7.92. The highest BCUT2D eigenvalue weighted by atomic mass is 16.5. The fraction of sp³-hybridized carbons (Fsp3) is 0.625. The largest absolute Gasteiger partial charge is 0.391 e. The van der Waals surface area contributed by atoms with Gasteiger partial charge in [-0.3, -0.25) is 4.99 Å². The number of nitrogens with one attached hydrogen (secondary N) is 1. The van der Waals surface area contributed by atoms with Crippen molar-refractivity contribution < 1.29 is 4.74 Å². The number of amidine groups is 1. The number of rotatable bonds is 5. The van der Waals surface area contributed by atoms with E-state index in [0.29, 0.717) is 12.4 Å². The molecule has 0 heterocycles. The van der Waals surface area contributed by atoms with Gasteiger partial charge < -0.3 is 15.8 Å². The van der Waals surface area contributed by atoms with Crippen LogP contribution in [0.4, 0.5) is 0 Å². The Labute approximate surface area is 73.5 Å². The first kappa shape index (κ1) is 11.0. The summed E-state index contributed by atoms with van der Waals surface area (Å²) in [5.74, 6) is 0.512. The van der Waals surface area contributed by atoms with Crippen molar-refractivity contribution in [1.82, 2.24) is 5.32 Å². The molecule has 0 rings (SSSR count). The van der Waals surface area contributed by atoms with Gasteiger partial charge in [-0.2, -0.15) is 0 Å². The van der Waals surface area contributed by atoms with Gasteiger partial charge in [-0.25, -0.2) is 0 Å². The normalized spacial score (nSPS) is 13.2. The van der Waals surface area contributed by atoms with Gasteiger partial charge in [0.1, 0.15) is 5.84 Å². The number of hydrogen-bond acceptors (Lipinski definition) is 3. The van der Waals surface area contributed by atoms with E-state index in [1.165, 1.54) is 0 Å². The molecule has 0 aliphatic heterocycles. The molecular weight excluding hydrogens is 154 g/mol. The van der Waals surface area contributed by atoms with Crippen LogP contribution in [-0.4, -0.2) is 33.1 Å². The van der Waals surface area contributed by atoms with E-state index in [2.05, 4.69) is 10.3 Å². The predicted octanol–water partition coefficient (Wildman–Crippen LogP) is 0.113. The van der Waals surface area contributed by atoms with Gasteiger partial charge in [-0.05, 0) is 6.92 Å². The van der Waals surface area contributed by atoms with Crippen LogP contribution in [0.3, 0.4) is 0 Å². The molecule has 70 valence electrons. The van der Waals surface area contributed by atoms with Crippen LogP contribution in [0, 0.1) is 0 Å². The van der Waals surface area contributed by atoms with Crippen LogP contribution >= 0.6 is 0 Å². The van der Waals surface area contributed by atoms with Gasteiger partial charge in [-0.15, -0.1) is 0 Å². The van der Waals surface area contributed by atoms with Crippen molar-refractivity contribution in [2.45, 2.75) is 6.92 Å². The van der Waals surface area contributed by atoms with Crippen molar-refractivity contribution in [3.8, 4) is 0 Å². The third-order valence-corrected chi connectivity index (χ3v) is 1.35. The molecule has 0 aromatic heterocycles. The van der Waals surface area contributed by atoms with Crippen LogP contribution in [0.15, 0.2) is 16.8 Å². The summed E-state index contributed by atoms with van der Waals surface area (Å²) in [6.45, 7) is 3.36. The summed E-state index contributed by atoms with van der Waals surface area (Å²) >= 11 is 0. The van der Waals surface area contributed by atoms with E-state index in [9.17, 15) is 0 Å². The molecule has 4 nitrogen and oxygen atoms in total. The molecule has 4 heteroatoms. The molecule has 0 atom stereocenters. The molecule has 0 aliphatic carbocycles. The van der Waals surface area contributed by atoms with Crippen molar-refractivity contribution in [2.75, 3.05) is 27.3 Å². The van der Waals surface area contributed by atoms with Crippen LogP contribution in [0.5, 0.6) is 0 Å². The Kier molecular flexibility index (Phi) is 6.09. The highest BCUT2D eigenvalue weighted by Crippen LogP contribution is 1.92. The van der Waals surface area contributed by atoms with E-state index in [4.69, 9.17) is 10.5 Å². The topological polar surface area (TPSA) is 59.6 Å². The van der Waals surface area contributed by atoms with E-state index in [1.54, 1.807) is 14.2 Å². The summed E-state index contributed by atoms with van der Waals surface area (Å²) in [7, 11) is 3.29. The lowest BCUT2D eigenvalue weighted by Crippen LogP contribution is -2.20. The lowest BCUT2D eigenvalue weighted by Gasteiger charge is -2.05. The van der Waals surface area contributed by atoms with Gasteiger partial charge >= 0.3 is 0 Å². The quantitative estimate of drug-likeness (QED) is 0.456. The summed E-state index contributed by atoms with van der Waals surface area (Å²) in [5.41, 5.74) is 6.48. The molecule has 12 heavy (non-hydrogen) atoms. The van der Waals surface area contributed by atoms with Crippen molar-refractivity contribution >= 4 is 5.84 Å². The monoisotopic (exact) mass is 171 g/mol. The number of nitrogens with zero attached hydrogens (tertiary/aromatic N) is 1. The number of aliphatic imine (C=N–C) groups is 1. The number of methoxy groups -OCH3 is 1. The molecule has 0 saturated carbocycles. The van der Waals surface area contributed by atoms with Gasteiger partial charge in [0.05, 0.1) is 6.61 Å². The zero-order valence-electron chi connectivity index (χ0n) is 7.92. The van der Waals surface area contributed by atoms with Gasteiger partial charge in [0, 0.05) is 32.5 Å². The standard InChI is InChI=1S/C8H17N3O/c1-4-11-5-7(6-12-3)8(9)10-2/h5,11H,4,6H2,1-3H3,(H2,9,10). The molecule has 0 amide bonds. The fourth-order valence-corrected chi connectivity index (χ4v) is 0.714. The fourth-order valence-electron chi connectivity index (χ4n) is 0.714. The number of hydrogen-bond donors (Lipinski definition) is 2. The minimum absolute atomic E-state index is 0.482. The van der Waals surface area contributed by atoms with Crippen molar-refractivity contribution in [2.24, 2.45) is 10.7 Å². The molecule has 0 radical (unpaired) electrons. The van der Waals surface area contributed by atoms with E-state index >= 15 is 0 Å². The van der Waals surface area contributed by atoms with Crippen molar-refractivity contribution in [3.05, 3.63) is 11.8 Å². The second kappa shape index (κ2) is 6.67. The summed E-state index contributed by atoms with van der Waals surface area (Å²) in [4.78, 5) is 3.87. The van der Waals surface area contributed by atoms with E-state index in [1.807, 2.05) is 13.1 Å². The number of ether oxygens (including phenoxy) is 1. The average molecular weight is 171 g/mol. The molecule has 0 aliphatic rings. The summed E-state index contributed by atoms with van der Waals surface area (Å²) in [5, 5.41) is 3.05. The molecule has 0 fully saturated rings. The second-order valence-electron chi connectivity index (χ2n) is 2.27. The first-order chi connectivity index (χ1) is 5.76. The molecule has 0 bridgehead atoms. The van der Waals surface area contributed by atoms with E-state index < -0.39 is 0 Å². The lowest BCUT2D eigenvalue weighted by atomic mass is 10.3. The highest BCUT2D eigenvalue weighted by Gasteiger charge is 1.99. The molecule has 0 spiro atoms. The molecule has 3 N–H and O–H groups in total. The van der Waals surface area contributed by atoms with Gasteiger partial charge in [0.25, 0.3) is 0 Å². The summed E-state index contributed by atoms with van der Waals surface area (Å²) < 4.78 is 4.95. The van der Waals surface area contributed by atoms with E-state index in [0.717, 1.165) is 12.1 Å². The summed E-state index contributed by atoms with van der Waals surface area (Å²) in [6.07, 6.45) is 1.83. The van der Waals surface area contributed by atoms with Crippen LogP contribution in [0.25, 0.3) is 0 Å². The average Bonchev–Trinajstić information content (AvgIpc) is 2.11. The first-order valence-corrected chi connectivity index (χ1v) is 3.90. The van der Waals surface area contributed by atoms with Gasteiger partial charge in [0.15, 0.2) is 0 Å². The van der Waals surface area contributed by atoms with Gasteiger partial charge in [0.2, 0.25) is 0 Å². The molecule has 0 aromatic rings. The molecule has 0 saturated heterocycles. The Hall–Kier alpha value is -1.03.